The third kappa shape index (κ3) is 2.76. The fourth-order valence-electron chi connectivity index (χ4n) is 2.33. The number of rotatable bonds is 4. The van der Waals surface area contributed by atoms with Gasteiger partial charge in [0.2, 0.25) is 5.91 Å². The molecule has 1 aliphatic rings. The Morgan fingerprint density at radius 3 is 2.63 bits per heavy atom. The highest BCUT2D eigenvalue weighted by Gasteiger charge is 2.40. The summed E-state index contributed by atoms with van der Waals surface area (Å²) in [7, 11) is 1.60. The maximum atomic E-state index is 12.2. The van der Waals surface area contributed by atoms with Crippen LogP contribution in [0.4, 0.5) is 4.79 Å². The van der Waals surface area contributed by atoms with Crippen molar-refractivity contribution in [3.63, 3.8) is 0 Å². The van der Waals surface area contributed by atoms with Gasteiger partial charge in [0, 0.05) is 27.1 Å². The van der Waals surface area contributed by atoms with Crippen LogP contribution >= 0.6 is 0 Å². The van der Waals surface area contributed by atoms with Gasteiger partial charge in [-0.05, 0) is 5.56 Å². The zero-order chi connectivity index (χ0) is 13.8. The molecule has 19 heavy (non-hydrogen) atoms. The second kappa shape index (κ2) is 5.84. The summed E-state index contributed by atoms with van der Waals surface area (Å²) in [6.07, 6.45) is 0. The summed E-state index contributed by atoms with van der Waals surface area (Å²) in [5.41, 5.74) is 0.978. The normalized spacial score (nSPS) is 19.1. The molecule has 1 aromatic rings. The number of urea groups is 1. The fraction of sp³-hybridized carbons (Fsp3) is 0.429. The Bertz CT molecular complexity index is 461. The average molecular weight is 262 g/mol. The summed E-state index contributed by atoms with van der Waals surface area (Å²) in [6.45, 7) is 2.92. The van der Waals surface area contributed by atoms with Crippen molar-refractivity contribution in [2.75, 3.05) is 26.8 Å². The molecule has 0 radical (unpaired) electrons. The monoisotopic (exact) mass is 262 g/mol. The van der Waals surface area contributed by atoms with E-state index in [9.17, 15) is 9.59 Å². The highest BCUT2D eigenvalue weighted by Crippen LogP contribution is 2.29. The molecular weight excluding hydrogens is 244 g/mol. The zero-order valence-electron chi connectivity index (χ0n) is 11.2. The molecule has 3 amide bonds. The van der Waals surface area contributed by atoms with Crippen molar-refractivity contribution in [3.8, 4) is 0 Å². The van der Waals surface area contributed by atoms with E-state index in [0.717, 1.165) is 5.56 Å². The van der Waals surface area contributed by atoms with Crippen molar-refractivity contribution in [1.82, 2.24) is 9.80 Å². The van der Waals surface area contributed by atoms with Crippen LogP contribution in [-0.4, -0.2) is 48.5 Å². The van der Waals surface area contributed by atoms with Crippen molar-refractivity contribution in [2.24, 2.45) is 0 Å². The number of ether oxygens (including phenoxy) is 1. The maximum absolute atomic E-state index is 12.2. The number of nitrogens with zero attached hydrogens (tertiary/aromatic N) is 2. The third-order valence-corrected chi connectivity index (χ3v) is 3.27. The predicted molar refractivity (Wildman–Crippen MR) is 70.5 cm³/mol. The van der Waals surface area contributed by atoms with Crippen molar-refractivity contribution in [1.29, 1.82) is 0 Å². The van der Waals surface area contributed by atoms with E-state index in [1.54, 1.807) is 12.0 Å². The van der Waals surface area contributed by atoms with Crippen LogP contribution < -0.4 is 0 Å². The number of imide groups is 1. The van der Waals surface area contributed by atoms with Crippen LogP contribution in [0.15, 0.2) is 30.3 Å². The lowest BCUT2D eigenvalue weighted by Crippen LogP contribution is -2.36. The molecule has 5 heteroatoms. The molecule has 1 aromatic carbocycles. The number of amides is 3. The van der Waals surface area contributed by atoms with Gasteiger partial charge >= 0.3 is 6.03 Å². The lowest BCUT2D eigenvalue weighted by atomic mass is 10.1. The summed E-state index contributed by atoms with van der Waals surface area (Å²) in [5, 5.41) is 0. The largest absolute Gasteiger partial charge is 0.383 e. The molecule has 0 saturated carbocycles. The van der Waals surface area contributed by atoms with Gasteiger partial charge in [-0.1, -0.05) is 30.3 Å². The smallest absolute Gasteiger partial charge is 0.327 e. The van der Waals surface area contributed by atoms with E-state index < -0.39 is 0 Å². The quantitative estimate of drug-likeness (QED) is 0.829. The van der Waals surface area contributed by atoms with Gasteiger partial charge < -0.3 is 9.64 Å². The van der Waals surface area contributed by atoms with Crippen LogP contribution in [0.2, 0.25) is 0 Å². The molecular formula is C14H18N2O3. The first kappa shape index (κ1) is 13.5. The van der Waals surface area contributed by atoms with Crippen LogP contribution in [0.5, 0.6) is 0 Å². The third-order valence-electron chi connectivity index (χ3n) is 3.27. The summed E-state index contributed by atoms with van der Waals surface area (Å²) in [6, 6.07) is 9.18. The summed E-state index contributed by atoms with van der Waals surface area (Å²) in [4.78, 5) is 26.9. The Balaban J connectivity index is 2.22. The molecule has 1 fully saturated rings. The SMILES string of the molecule is COCCN1CC(c2ccccc2)N(C(C)=O)C1=O. The molecule has 0 N–H and O–H groups in total. The second-order valence-electron chi connectivity index (χ2n) is 4.54. The number of hydrogen-bond donors (Lipinski definition) is 0. The van der Waals surface area contributed by atoms with Crippen LogP contribution in [0, 0.1) is 0 Å². The molecule has 0 aliphatic carbocycles. The van der Waals surface area contributed by atoms with Crippen LogP contribution in [0.25, 0.3) is 0 Å². The highest BCUT2D eigenvalue weighted by molar-refractivity contribution is 5.95. The number of hydrogen-bond acceptors (Lipinski definition) is 3. The van der Waals surface area contributed by atoms with E-state index in [1.807, 2.05) is 30.3 Å². The molecule has 102 valence electrons. The van der Waals surface area contributed by atoms with E-state index in [4.69, 9.17) is 4.74 Å². The Labute approximate surface area is 112 Å². The predicted octanol–water partition coefficient (Wildman–Crippen LogP) is 1.66. The summed E-state index contributed by atoms with van der Waals surface area (Å²) >= 11 is 0. The van der Waals surface area contributed by atoms with Gasteiger partial charge in [0.05, 0.1) is 12.6 Å². The minimum atomic E-state index is -0.238. The Morgan fingerprint density at radius 2 is 2.05 bits per heavy atom. The first-order chi connectivity index (χ1) is 9.15. The van der Waals surface area contributed by atoms with Gasteiger partial charge in [0.15, 0.2) is 0 Å². The van der Waals surface area contributed by atoms with Gasteiger partial charge in [0.25, 0.3) is 0 Å². The second-order valence-corrected chi connectivity index (χ2v) is 4.54. The summed E-state index contributed by atoms with van der Waals surface area (Å²) in [5.74, 6) is -0.223. The molecule has 1 saturated heterocycles. The van der Waals surface area contributed by atoms with Gasteiger partial charge in [-0.2, -0.15) is 0 Å². The molecule has 0 bridgehead atoms. The first-order valence-electron chi connectivity index (χ1n) is 6.27. The van der Waals surface area contributed by atoms with Crippen molar-refractivity contribution < 1.29 is 14.3 Å². The zero-order valence-corrected chi connectivity index (χ0v) is 11.2. The molecule has 1 heterocycles. The molecule has 1 unspecified atom stereocenters. The Morgan fingerprint density at radius 1 is 1.37 bits per heavy atom. The van der Waals surface area contributed by atoms with Gasteiger partial charge in [0.1, 0.15) is 0 Å². The topological polar surface area (TPSA) is 49.9 Å². The first-order valence-corrected chi connectivity index (χ1v) is 6.27. The Kier molecular flexibility index (Phi) is 4.16. The molecule has 0 aromatic heterocycles. The molecule has 1 aliphatic heterocycles. The van der Waals surface area contributed by atoms with Crippen molar-refractivity contribution in [2.45, 2.75) is 13.0 Å². The van der Waals surface area contributed by atoms with E-state index >= 15 is 0 Å². The van der Waals surface area contributed by atoms with Crippen LogP contribution in [0.1, 0.15) is 18.5 Å². The van der Waals surface area contributed by atoms with Crippen LogP contribution in [0.3, 0.4) is 0 Å². The molecule has 2 rings (SSSR count). The lowest BCUT2D eigenvalue weighted by Gasteiger charge is -2.19. The fourth-order valence-corrected chi connectivity index (χ4v) is 2.33. The molecule has 5 nitrogen and oxygen atoms in total. The Hall–Kier alpha value is -1.88. The van der Waals surface area contributed by atoms with Gasteiger partial charge in [-0.25, -0.2) is 4.79 Å². The van der Waals surface area contributed by atoms with Crippen molar-refractivity contribution >= 4 is 11.9 Å². The standard InChI is InChI=1S/C14H18N2O3/c1-11(17)16-13(12-6-4-3-5-7-12)10-15(14(16)18)8-9-19-2/h3-7,13H,8-10H2,1-2H3. The minimum Gasteiger partial charge on any atom is -0.383 e. The molecule has 0 spiro atoms. The van der Waals surface area contributed by atoms with E-state index in [1.165, 1.54) is 11.8 Å². The average Bonchev–Trinajstić information content (AvgIpc) is 2.74. The van der Waals surface area contributed by atoms with Gasteiger partial charge in [-0.15, -0.1) is 0 Å². The molecule has 1 atom stereocenters. The summed E-state index contributed by atoms with van der Waals surface area (Å²) < 4.78 is 4.99. The van der Waals surface area contributed by atoms with Crippen LogP contribution in [-0.2, 0) is 9.53 Å². The number of carbonyl (C=O) groups is 2. The van der Waals surface area contributed by atoms with Crippen molar-refractivity contribution in [3.05, 3.63) is 35.9 Å². The van der Waals surface area contributed by atoms with E-state index in [2.05, 4.69) is 0 Å². The number of carbonyl (C=O) groups excluding carboxylic acids is 2. The maximum Gasteiger partial charge on any atom is 0.327 e. The van der Waals surface area contributed by atoms with E-state index in [-0.39, 0.29) is 18.0 Å². The number of benzene rings is 1. The highest BCUT2D eigenvalue weighted by atomic mass is 16.5. The number of methoxy groups -OCH3 is 1. The van der Waals surface area contributed by atoms with E-state index in [0.29, 0.717) is 19.7 Å². The lowest BCUT2D eigenvalue weighted by molar-refractivity contribution is -0.126. The van der Waals surface area contributed by atoms with Gasteiger partial charge in [-0.3, -0.25) is 9.69 Å². The minimum absolute atomic E-state index is 0.206.